The summed E-state index contributed by atoms with van der Waals surface area (Å²) in [6.07, 6.45) is 7.28. The second-order valence-electron chi connectivity index (χ2n) is 17.5. The lowest BCUT2D eigenvalue weighted by atomic mass is 9.80. The Morgan fingerprint density at radius 1 is 0.600 bits per heavy atom. The van der Waals surface area contributed by atoms with Crippen molar-refractivity contribution in [2.75, 3.05) is 16.5 Å². The van der Waals surface area contributed by atoms with E-state index in [0.29, 0.717) is 5.92 Å². The van der Waals surface area contributed by atoms with Crippen molar-refractivity contribution in [3.8, 4) is 28.4 Å². The van der Waals surface area contributed by atoms with Gasteiger partial charge >= 0.3 is 0 Å². The standard InChI is InChI=1S/C50H52N4O/c1-34(2)25-35-21-22-51-48(26-35)54-46-20-17-37(36-13-10-9-11-14-36)27-45(46)44-19-18-43(32-47(44)54)55-42-16-12-15-40(31-42)52-23-24-53(33-52)41-29-38(49(3,4)5)28-39(30-41)50(6,7)8/h9-24,26-32,34H,25,33H2,1-8H3. The first-order valence-corrected chi connectivity index (χ1v) is 19.5. The lowest BCUT2D eigenvalue weighted by Gasteiger charge is -2.29. The molecule has 55 heavy (non-hydrogen) atoms. The lowest BCUT2D eigenvalue weighted by molar-refractivity contribution is 0.483. The zero-order chi connectivity index (χ0) is 38.5. The zero-order valence-corrected chi connectivity index (χ0v) is 33.5. The van der Waals surface area contributed by atoms with Crippen LogP contribution in [0.2, 0.25) is 0 Å². The van der Waals surface area contributed by atoms with E-state index in [0.717, 1.165) is 52.5 Å². The van der Waals surface area contributed by atoms with E-state index in [1.807, 2.05) is 12.3 Å². The summed E-state index contributed by atoms with van der Waals surface area (Å²) in [6.45, 7) is 19.0. The molecule has 0 saturated carbocycles. The molecule has 278 valence electrons. The molecular formula is C50H52N4O. The van der Waals surface area contributed by atoms with E-state index in [1.165, 1.54) is 38.9 Å². The summed E-state index contributed by atoms with van der Waals surface area (Å²) in [6, 6.07) is 43.6. The summed E-state index contributed by atoms with van der Waals surface area (Å²) in [5.74, 6) is 3.04. The predicted octanol–water partition coefficient (Wildman–Crippen LogP) is 13.2. The summed E-state index contributed by atoms with van der Waals surface area (Å²) in [7, 11) is 0. The number of hydrogen-bond acceptors (Lipinski definition) is 4. The summed E-state index contributed by atoms with van der Waals surface area (Å²) in [5.41, 5.74) is 11.0. The average Bonchev–Trinajstić information content (AvgIpc) is 3.78. The minimum Gasteiger partial charge on any atom is -0.457 e. The minimum absolute atomic E-state index is 0.0571. The highest BCUT2D eigenvalue weighted by molar-refractivity contribution is 6.10. The third-order valence-electron chi connectivity index (χ3n) is 10.6. The van der Waals surface area contributed by atoms with Gasteiger partial charge in [-0.15, -0.1) is 0 Å². The van der Waals surface area contributed by atoms with Crippen LogP contribution in [0.5, 0.6) is 11.5 Å². The van der Waals surface area contributed by atoms with Crippen LogP contribution in [0.25, 0.3) is 38.8 Å². The molecule has 1 aliphatic heterocycles. The molecule has 0 spiro atoms. The molecule has 0 N–H and O–H groups in total. The van der Waals surface area contributed by atoms with Gasteiger partial charge in [0.2, 0.25) is 0 Å². The van der Waals surface area contributed by atoms with Gasteiger partial charge in [-0.25, -0.2) is 4.98 Å². The van der Waals surface area contributed by atoms with Crippen LogP contribution in [-0.4, -0.2) is 16.2 Å². The number of aromatic nitrogens is 2. The van der Waals surface area contributed by atoms with Gasteiger partial charge in [-0.1, -0.05) is 104 Å². The van der Waals surface area contributed by atoms with E-state index in [1.54, 1.807) is 0 Å². The molecule has 5 aromatic carbocycles. The van der Waals surface area contributed by atoms with E-state index >= 15 is 0 Å². The fourth-order valence-electron chi connectivity index (χ4n) is 7.56. The maximum Gasteiger partial charge on any atom is 0.137 e. The van der Waals surface area contributed by atoms with E-state index < -0.39 is 0 Å². The predicted molar refractivity (Wildman–Crippen MR) is 232 cm³/mol. The number of nitrogens with zero attached hydrogens (tertiary/aromatic N) is 4. The smallest absolute Gasteiger partial charge is 0.137 e. The molecule has 5 heteroatoms. The third-order valence-corrected chi connectivity index (χ3v) is 10.6. The Hall–Kier alpha value is -5.81. The highest BCUT2D eigenvalue weighted by atomic mass is 16.5. The maximum atomic E-state index is 6.66. The van der Waals surface area contributed by atoms with Crippen molar-refractivity contribution in [2.24, 2.45) is 5.92 Å². The largest absolute Gasteiger partial charge is 0.457 e. The summed E-state index contributed by atoms with van der Waals surface area (Å²) < 4.78 is 8.95. The van der Waals surface area contributed by atoms with Gasteiger partial charge in [-0.2, -0.15) is 0 Å². The van der Waals surface area contributed by atoms with Crippen LogP contribution in [0, 0.1) is 5.92 Å². The van der Waals surface area contributed by atoms with Crippen molar-refractivity contribution >= 4 is 33.2 Å². The molecule has 7 aromatic rings. The van der Waals surface area contributed by atoms with Crippen molar-refractivity contribution in [2.45, 2.75) is 72.6 Å². The molecule has 0 unspecified atom stereocenters. The SMILES string of the molecule is CC(C)Cc1ccnc(-n2c3ccc(-c4ccccc4)cc3c3ccc(Oc4cccc(N5C=CN(c6cc(C(C)(C)C)cc(C(C)(C)C)c6)C5)c4)cc32)c1. The van der Waals surface area contributed by atoms with E-state index in [-0.39, 0.29) is 10.8 Å². The Bertz CT molecular complexity index is 2500. The van der Waals surface area contributed by atoms with E-state index in [4.69, 9.17) is 9.72 Å². The van der Waals surface area contributed by atoms with Crippen LogP contribution < -0.4 is 14.5 Å². The number of anilines is 2. The van der Waals surface area contributed by atoms with Gasteiger partial charge in [0.05, 0.1) is 17.7 Å². The first-order valence-electron chi connectivity index (χ1n) is 19.5. The van der Waals surface area contributed by atoms with Gasteiger partial charge in [-0.05, 0) is 112 Å². The number of pyridine rings is 1. The van der Waals surface area contributed by atoms with Crippen molar-refractivity contribution in [1.29, 1.82) is 0 Å². The first kappa shape index (κ1) is 36.2. The normalized spacial score (nSPS) is 13.5. The Kier molecular flexibility index (Phi) is 9.29. The van der Waals surface area contributed by atoms with Crippen molar-refractivity contribution in [3.05, 3.63) is 157 Å². The Balaban J connectivity index is 1.12. The van der Waals surface area contributed by atoms with Gasteiger partial charge in [0.1, 0.15) is 17.3 Å². The minimum atomic E-state index is 0.0571. The van der Waals surface area contributed by atoms with Crippen LogP contribution >= 0.6 is 0 Å². The van der Waals surface area contributed by atoms with Crippen LogP contribution in [0.4, 0.5) is 11.4 Å². The summed E-state index contributed by atoms with van der Waals surface area (Å²) >= 11 is 0. The van der Waals surface area contributed by atoms with Gasteiger partial charge in [0, 0.05) is 52.9 Å². The molecule has 0 atom stereocenters. The molecule has 0 amide bonds. The molecule has 2 aromatic heterocycles. The van der Waals surface area contributed by atoms with E-state index in [9.17, 15) is 0 Å². The van der Waals surface area contributed by atoms with E-state index in [2.05, 4.69) is 197 Å². The molecule has 8 rings (SSSR count). The van der Waals surface area contributed by atoms with Gasteiger partial charge < -0.3 is 14.5 Å². The van der Waals surface area contributed by atoms with Crippen LogP contribution in [0.3, 0.4) is 0 Å². The quantitative estimate of drug-likeness (QED) is 0.156. The van der Waals surface area contributed by atoms with Crippen molar-refractivity contribution in [3.63, 3.8) is 0 Å². The maximum absolute atomic E-state index is 6.66. The third kappa shape index (κ3) is 7.49. The molecule has 0 bridgehead atoms. The average molecular weight is 725 g/mol. The monoisotopic (exact) mass is 724 g/mol. The Morgan fingerprint density at radius 2 is 1.31 bits per heavy atom. The molecule has 5 nitrogen and oxygen atoms in total. The van der Waals surface area contributed by atoms with Crippen LogP contribution in [0.15, 0.2) is 140 Å². The summed E-state index contributed by atoms with van der Waals surface area (Å²) in [5, 5.41) is 2.35. The fourth-order valence-corrected chi connectivity index (χ4v) is 7.56. The fraction of sp³-hybridized carbons (Fsp3) is 0.260. The molecule has 0 fully saturated rings. The van der Waals surface area contributed by atoms with Gasteiger partial charge in [-0.3, -0.25) is 4.57 Å². The number of fused-ring (bicyclic) bond motifs is 3. The molecule has 0 aliphatic carbocycles. The topological polar surface area (TPSA) is 33.5 Å². The molecular weight excluding hydrogens is 673 g/mol. The number of benzene rings is 5. The first-order chi connectivity index (χ1) is 26.3. The van der Waals surface area contributed by atoms with Gasteiger partial charge in [0.15, 0.2) is 0 Å². The van der Waals surface area contributed by atoms with Crippen molar-refractivity contribution in [1.82, 2.24) is 9.55 Å². The molecule has 3 heterocycles. The Morgan fingerprint density at radius 3 is 2.02 bits per heavy atom. The highest BCUT2D eigenvalue weighted by Gasteiger charge is 2.24. The summed E-state index contributed by atoms with van der Waals surface area (Å²) in [4.78, 5) is 9.51. The number of ether oxygens (including phenoxy) is 1. The second kappa shape index (κ2) is 14.1. The second-order valence-corrected chi connectivity index (χ2v) is 17.5. The molecule has 0 radical (unpaired) electrons. The Labute approximate surface area is 326 Å². The number of hydrogen-bond donors (Lipinski definition) is 0. The van der Waals surface area contributed by atoms with Crippen LogP contribution in [0.1, 0.15) is 72.1 Å². The van der Waals surface area contributed by atoms with Crippen molar-refractivity contribution < 1.29 is 4.74 Å². The number of rotatable bonds is 8. The zero-order valence-electron chi connectivity index (χ0n) is 33.5. The van der Waals surface area contributed by atoms with Crippen LogP contribution in [-0.2, 0) is 17.3 Å². The lowest BCUT2D eigenvalue weighted by Crippen LogP contribution is -2.26. The molecule has 0 saturated heterocycles. The molecule has 1 aliphatic rings. The highest BCUT2D eigenvalue weighted by Crippen LogP contribution is 2.39. The van der Waals surface area contributed by atoms with Gasteiger partial charge in [0.25, 0.3) is 0 Å².